The van der Waals surface area contributed by atoms with Crippen LogP contribution in [-0.2, 0) is 6.54 Å². The Hall–Kier alpha value is -3.95. The molecule has 1 aliphatic rings. The van der Waals surface area contributed by atoms with Crippen LogP contribution in [0.25, 0.3) is 11.2 Å². The summed E-state index contributed by atoms with van der Waals surface area (Å²) < 4.78 is 28.3. The van der Waals surface area contributed by atoms with Crippen molar-refractivity contribution in [2.75, 3.05) is 13.1 Å². The van der Waals surface area contributed by atoms with Crippen LogP contribution >= 0.6 is 0 Å². The number of amides is 1. The summed E-state index contributed by atoms with van der Waals surface area (Å²) in [7, 11) is 0. The van der Waals surface area contributed by atoms with E-state index in [1.165, 1.54) is 10.7 Å². The molecule has 0 aliphatic carbocycles. The molecule has 1 amide bonds. The van der Waals surface area contributed by atoms with Gasteiger partial charge in [0, 0.05) is 24.6 Å². The highest BCUT2D eigenvalue weighted by Gasteiger charge is 2.27. The Morgan fingerprint density at radius 1 is 1.09 bits per heavy atom. The lowest BCUT2D eigenvalue weighted by Gasteiger charge is -2.32. The molecule has 0 atom stereocenters. The van der Waals surface area contributed by atoms with Crippen LogP contribution in [0.4, 0.5) is 8.78 Å². The number of halogens is 2. The van der Waals surface area contributed by atoms with Crippen molar-refractivity contribution in [3.63, 3.8) is 0 Å². The molecule has 10 heteroatoms. The van der Waals surface area contributed by atoms with E-state index in [9.17, 15) is 18.4 Å². The molecule has 35 heavy (non-hydrogen) atoms. The Morgan fingerprint density at radius 3 is 2.60 bits per heavy atom. The number of nitrogens with zero attached hydrogens (tertiary/aromatic N) is 5. The number of nitrogens with one attached hydrogen (secondary N) is 1. The van der Waals surface area contributed by atoms with Crippen molar-refractivity contribution in [3.8, 4) is 0 Å². The van der Waals surface area contributed by atoms with Crippen LogP contribution in [0.3, 0.4) is 0 Å². The Morgan fingerprint density at radius 2 is 1.86 bits per heavy atom. The molecule has 0 radical (unpaired) electrons. The number of rotatable bonds is 4. The molecule has 1 saturated heterocycles. The summed E-state index contributed by atoms with van der Waals surface area (Å²) in [4.78, 5) is 35.0. The molecule has 3 heterocycles. The number of hydrogen-bond donors (Lipinski definition) is 1. The smallest absolute Gasteiger partial charge is 0.281 e. The molecule has 5 rings (SSSR count). The zero-order chi connectivity index (χ0) is 24.7. The molecule has 2 aromatic carbocycles. The fourth-order valence-corrected chi connectivity index (χ4v) is 4.49. The molecule has 0 spiro atoms. The number of aromatic nitrogens is 5. The number of carbonyl (C=O) groups is 1. The van der Waals surface area contributed by atoms with Gasteiger partial charge >= 0.3 is 0 Å². The van der Waals surface area contributed by atoms with Crippen LogP contribution < -0.4 is 5.56 Å². The maximum Gasteiger partial charge on any atom is 0.281 e. The summed E-state index contributed by atoms with van der Waals surface area (Å²) >= 11 is 0. The molecule has 180 valence electrons. The molecule has 1 aliphatic heterocycles. The van der Waals surface area contributed by atoms with Crippen LogP contribution in [-0.4, -0.2) is 48.9 Å². The van der Waals surface area contributed by atoms with E-state index in [0.717, 1.165) is 23.3 Å². The van der Waals surface area contributed by atoms with Crippen LogP contribution in [0.2, 0.25) is 0 Å². The van der Waals surface area contributed by atoms with Crippen LogP contribution in [0.5, 0.6) is 0 Å². The van der Waals surface area contributed by atoms with Gasteiger partial charge < -0.3 is 9.88 Å². The fourth-order valence-electron chi connectivity index (χ4n) is 4.49. The molecule has 1 fully saturated rings. The van der Waals surface area contributed by atoms with Gasteiger partial charge in [0.05, 0.1) is 6.54 Å². The van der Waals surface area contributed by atoms with Gasteiger partial charge in [0.15, 0.2) is 22.8 Å². The molecule has 0 unspecified atom stereocenters. The quantitative estimate of drug-likeness (QED) is 0.485. The summed E-state index contributed by atoms with van der Waals surface area (Å²) in [6, 6.07) is 9.43. The minimum atomic E-state index is -0.958. The van der Waals surface area contributed by atoms with Gasteiger partial charge in [0.1, 0.15) is 5.82 Å². The van der Waals surface area contributed by atoms with E-state index in [1.807, 2.05) is 36.9 Å². The highest BCUT2D eigenvalue weighted by atomic mass is 19.2. The second kappa shape index (κ2) is 9.01. The average molecular weight is 479 g/mol. The van der Waals surface area contributed by atoms with E-state index in [-0.39, 0.29) is 29.5 Å². The first kappa shape index (κ1) is 22.8. The van der Waals surface area contributed by atoms with Gasteiger partial charge in [-0.2, -0.15) is 0 Å². The zero-order valence-electron chi connectivity index (χ0n) is 19.4. The molecular formula is C25H24F2N6O2. The predicted molar refractivity (Wildman–Crippen MR) is 125 cm³/mol. The number of benzene rings is 2. The number of carbonyl (C=O) groups excluding carboxylic acids is 1. The molecule has 0 saturated carbocycles. The largest absolute Gasteiger partial charge is 0.339 e. The highest BCUT2D eigenvalue weighted by molar-refractivity contribution is 5.95. The lowest BCUT2D eigenvalue weighted by molar-refractivity contribution is 0.0710. The number of fused-ring (bicyclic) bond motifs is 1. The molecule has 8 nitrogen and oxygen atoms in total. The van der Waals surface area contributed by atoms with Crippen molar-refractivity contribution < 1.29 is 13.6 Å². The van der Waals surface area contributed by atoms with Crippen molar-refractivity contribution in [2.24, 2.45) is 0 Å². The third-order valence-electron chi connectivity index (χ3n) is 6.50. The van der Waals surface area contributed by atoms with Crippen molar-refractivity contribution >= 4 is 17.1 Å². The first-order valence-electron chi connectivity index (χ1n) is 11.4. The van der Waals surface area contributed by atoms with E-state index in [4.69, 9.17) is 0 Å². The third-order valence-corrected chi connectivity index (χ3v) is 6.50. The summed E-state index contributed by atoms with van der Waals surface area (Å²) in [6.07, 6.45) is 1.30. The van der Waals surface area contributed by atoms with Gasteiger partial charge in [-0.05, 0) is 56.0 Å². The monoisotopic (exact) mass is 478 g/mol. The third kappa shape index (κ3) is 4.43. The van der Waals surface area contributed by atoms with E-state index in [0.29, 0.717) is 42.9 Å². The number of aromatic amines is 1. The first-order chi connectivity index (χ1) is 16.8. The maximum absolute atomic E-state index is 13.6. The van der Waals surface area contributed by atoms with Crippen molar-refractivity contribution in [1.29, 1.82) is 0 Å². The van der Waals surface area contributed by atoms with Gasteiger partial charge in [-0.25, -0.2) is 18.4 Å². The summed E-state index contributed by atoms with van der Waals surface area (Å²) in [5.41, 5.74) is 3.12. The lowest BCUT2D eigenvalue weighted by atomic mass is 9.94. The average Bonchev–Trinajstić information content (AvgIpc) is 3.26. The van der Waals surface area contributed by atoms with Gasteiger partial charge in [-0.3, -0.25) is 9.59 Å². The van der Waals surface area contributed by atoms with Gasteiger partial charge in [0.25, 0.3) is 11.5 Å². The van der Waals surface area contributed by atoms with Crippen molar-refractivity contribution in [1.82, 2.24) is 29.9 Å². The summed E-state index contributed by atoms with van der Waals surface area (Å²) in [6.45, 7) is 5.08. The highest BCUT2D eigenvalue weighted by Crippen LogP contribution is 2.27. The molecular weight excluding hydrogens is 454 g/mol. The van der Waals surface area contributed by atoms with Crippen molar-refractivity contribution in [3.05, 3.63) is 86.5 Å². The SMILES string of the molecule is Cc1ccc(C)c(C(=O)N2CCC(c3nc4c(nnn4Cc4ccc(F)c(F)c4)c(=O)[nH]3)CC2)c1. The Labute approximate surface area is 199 Å². The minimum Gasteiger partial charge on any atom is -0.339 e. The number of hydrogen-bond acceptors (Lipinski definition) is 5. The Kier molecular flexibility index (Phi) is 5.88. The summed E-state index contributed by atoms with van der Waals surface area (Å²) in [5.74, 6) is -1.41. The number of aryl methyl sites for hydroxylation is 2. The van der Waals surface area contributed by atoms with E-state index in [1.54, 1.807) is 0 Å². The topological polar surface area (TPSA) is 96.8 Å². The Bertz CT molecular complexity index is 1490. The van der Waals surface area contributed by atoms with Gasteiger partial charge in [-0.1, -0.05) is 29.0 Å². The van der Waals surface area contributed by atoms with E-state index < -0.39 is 17.2 Å². The number of H-pyrrole nitrogens is 1. The standard InChI is InChI=1S/C25H24F2N6O2/c1-14-3-4-15(2)18(11-14)25(35)32-9-7-17(8-10-32)22-28-23-21(24(34)29-22)30-31-33(23)13-16-5-6-19(26)20(27)12-16/h3-6,11-12,17H,7-10,13H2,1-2H3,(H,28,29,34). The Balaban J connectivity index is 1.35. The normalized spacial score (nSPS) is 14.6. The van der Waals surface area contributed by atoms with Crippen LogP contribution in [0.15, 0.2) is 41.2 Å². The fraction of sp³-hybridized carbons (Fsp3) is 0.320. The molecule has 1 N–H and O–H groups in total. The lowest BCUT2D eigenvalue weighted by Crippen LogP contribution is -2.38. The zero-order valence-corrected chi connectivity index (χ0v) is 19.4. The number of piperidine rings is 1. The van der Waals surface area contributed by atoms with Crippen molar-refractivity contribution in [2.45, 2.75) is 39.2 Å². The first-order valence-corrected chi connectivity index (χ1v) is 11.4. The molecule has 2 aromatic heterocycles. The maximum atomic E-state index is 13.6. The van der Waals surface area contributed by atoms with Crippen LogP contribution in [0.1, 0.15) is 51.6 Å². The van der Waals surface area contributed by atoms with Crippen LogP contribution in [0, 0.1) is 25.5 Å². The van der Waals surface area contributed by atoms with E-state index in [2.05, 4.69) is 20.3 Å². The van der Waals surface area contributed by atoms with Gasteiger partial charge in [0.2, 0.25) is 0 Å². The minimum absolute atomic E-state index is 0.00959. The van der Waals surface area contributed by atoms with Gasteiger partial charge in [-0.15, -0.1) is 5.10 Å². The van der Waals surface area contributed by atoms with E-state index >= 15 is 0 Å². The molecule has 0 bridgehead atoms. The second-order valence-corrected chi connectivity index (χ2v) is 9.00. The summed E-state index contributed by atoms with van der Waals surface area (Å²) in [5, 5.41) is 7.90. The number of likely N-dealkylation sites (tertiary alicyclic amines) is 1. The predicted octanol–water partition coefficient (Wildman–Crippen LogP) is 3.48. The molecule has 4 aromatic rings. The second-order valence-electron chi connectivity index (χ2n) is 9.00.